The van der Waals surface area contributed by atoms with Gasteiger partial charge in [-0.1, -0.05) is 0 Å². The molecule has 0 bridgehead atoms. The van der Waals surface area contributed by atoms with E-state index in [9.17, 15) is 9.90 Å². The second kappa shape index (κ2) is 5.16. The Balaban J connectivity index is 2.42. The van der Waals surface area contributed by atoms with E-state index in [4.69, 9.17) is 4.74 Å². The van der Waals surface area contributed by atoms with E-state index < -0.39 is 6.10 Å². The van der Waals surface area contributed by atoms with Crippen LogP contribution in [0.25, 0.3) is 0 Å². The van der Waals surface area contributed by atoms with Crippen LogP contribution in [0.4, 0.5) is 0 Å². The summed E-state index contributed by atoms with van der Waals surface area (Å²) in [4.78, 5) is 13.0. The van der Waals surface area contributed by atoms with Gasteiger partial charge < -0.3 is 20.1 Å². The van der Waals surface area contributed by atoms with Gasteiger partial charge in [0.05, 0.1) is 6.10 Å². The Labute approximate surface area is 77.7 Å². The summed E-state index contributed by atoms with van der Waals surface area (Å²) in [7, 11) is 1.49. The average Bonchev–Trinajstić information content (AvgIpc) is 2.30. The lowest BCUT2D eigenvalue weighted by Crippen LogP contribution is -2.39. The molecular formula is C8H16N2O3. The van der Waals surface area contributed by atoms with Crippen molar-refractivity contribution in [3.05, 3.63) is 0 Å². The van der Waals surface area contributed by atoms with Gasteiger partial charge in [-0.2, -0.15) is 0 Å². The monoisotopic (exact) mass is 188 g/mol. The van der Waals surface area contributed by atoms with Crippen LogP contribution < -0.4 is 5.32 Å². The minimum Gasteiger partial charge on any atom is -0.390 e. The van der Waals surface area contributed by atoms with Crippen molar-refractivity contribution in [2.45, 2.75) is 6.10 Å². The zero-order valence-corrected chi connectivity index (χ0v) is 7.82. The maximum absolute atomic E-state index is 11.4. The van der Waals surface area contributed by atoms with Crippen LogP contribution in [-0.4, -0.2) is 61.9 Å². The van der Waals surface area contributed by atoms with Crippen molar-refractivity contribution in [3.8, 4) is 0 Å². The van der Waals surface area contributed by atoms with Crippen LogP contribution in [0, 0.1) is 0 Å². The first kappa shape index (κ1) is 10.4. The molecule has 1 aliphatic heterocycles. The van der Waals surface area contributed by atoms with Gasteiger partial charge in [-0.3, -0.25) is 4.79 Å². The number of methoxy groups -OCH3 is 1. The molecule has 0 radical (unpaired) electrons. The van der Waals surface area contributed by atoms with E-state index in [1.54, 1.807) is 4.90 Å². The number of amides is 1. The Bertz CT molecular complexity index is 175. The molecule has 0 aromatic rings. The lowest BCUT2D eigenvalue weighted by molar-refractivity contribution is -0.136. The second-order valence-corrected chi connectivity index (χ2v) is 3.13. The highest BCUT2D eigenvalue weighted by Crippen LogP contribution is 1.97. The molecule has 1 saturated heterocycles. The number of ether oxygens (including phenoxy) is 1. The lowest BCUT2D eigenvalue weighted by atomic mass is 10.3. The molecule has 0 aromatic carbocycles. The summed E-state index contributed by atoms with van der Waals surface area (Å²) in [6.07, 6.45) is -0.469. The lowest BCUT2D eigenvalue weighted by Gasteiger charge is -2.21. The molecule has 76 valence electrons. The molecule has 1 amide bonds. The average molecular weight is 188 g/mol. The molecule has 5 nitrogen and oxygen atoms in total. The minimum absolute atomic E-state index is 0.0646. The van der Waals surface area contributed by atoms with Crippen molar-refractivity contribution in [2.75, 3.05) is 39.9 Å². The summed E-state index contributed by atoms with van der Waals surface area (Å²) in [5, 5.41) is 12.4. The maximum atomic E-state index is 11.4. The maximum Gasteiger partial charge on any atom is 0.248 e. The van der Waals surface area contributed by atoms with Crippen LogP contribution in [0.3, 0.4) is 0 Å². The number of carbonyl (C=O) groups is 1. The number of rotatable bonds is 2. The molecule has 0 aliphatic carbocycles. The summed E-state index contributed by atoms with van der Waals surface area (Å²) in [5.74, 6) is -0.0646. The molecule has 13 heavy (non-hydrogen) atoms. The third-order valence-corrected chi connectivity index (χ3v) is 1.99. The van der Waals surface area contributed by atoms with Crippen molar-refractivity contribution < 1.29 is 14.6 Å². The molecule has 1 heterocycles. The predicted molar refractivity (Wildman–Crippen MR) is 47.3 cm³/mol. The molecule has 0 spiro atoms. The predicted octanol–water partition coefficient (Wildman–Crippen LogP) is -1.57. The van der Waals surface area contributed by atoms with Crippen LogP contribution in [0.2, 0.25) is 0 Å². The van der Waals surface area contributed by atoms with Crippen LogP contribution in [0.15, 0.2) is 0 Å². The Morgan fingerprint density at radius 3 is 3.23 bits per heavy atom. The van der Waals surface area contributed by atoms with Crippen molar-refractivity contribution in [2.24, 2.45) is 0 Å². The third kappa shape index (κ3) is 3.30. The number of hydrogen-bond donors (Lipinski definition) is 2. The summed E-state index contributed by atoms with van der Waals surface area (Å²) in [6.45, 7) is 2.41. The number of β-amino-alcohol motifs (C(OH)–C–C–N with tert-alkyl or cyclic N) is 1. The Hall–Kier alpha value is -0.650. The summed E-state index contributed by atoms with van der Waals surface area (Å²) >= 11 is 0. The molecule has 1 aliphatic rings. The van der Waals surface area contributed by atoms with Crippen LogP contribution in [0.5, 0.6) is 0 Å². The normalized spacial score (nSPS) is 24.2. The van der Waals surface area contributed by atoms with Gasteiger partial charge >= 0.3 is 0 Å². The highest BCUT2D eigenvalue weighted by molar-refractivity contribution is 5.77. The van der Waals surface area contributed by atoms with Crippen molar-refractivity contribution in [1.82, 2.24) is 10.2 Å². The number of nitrogens with one attached hydrogen (secondary N) is 1. The first-order chi connectivity index (χ1) is 6.24. The van der Waals surface area contributed by atoms with E-state index >= 15 is 0 Å². The third-order valence-electron chi connectivity index (χ3n) is 1.99. The van der Waals surface area contributed by atoms with Crippen LogP contribution in [0.1, 0.15) is 0 Å². The molecule has 5 heteroatoms. The Morgan fingerprint density at radius 2 is 2.54 bits per heavy atom. The standard InChI is InChI=1S/C8H16N2O3/c1-13-6-8(12)10-3-2-9-4-7(11)5-10/h7,9,11H,2-6H2,1H3. The van der Waals surface area contributed by atoms with Gasteiger partial charge in [0.2, 0.25) is 5.91 Å². The van der Waals surface area contributed by atoms with E-state index in [1.165, 1.54) is 7.11 Å². The number of aliphatic hydroxyl groups is 1. The molecule has 0 saturated carbocycles. The molecule has 1 atom stereocenters. The molecule has 1 rings (SSSR count). The quantitative estimate of drug-likeness (QED) is 0.549. The second-order valence-electron chi connectivity index (χ2n) is 3.13. The van der Waals surface area contributed by atoms with E-state index in [-0.39, 0.29) is 12.5 Å². The molecule has 1 fully saturated rings. The number of carbonyl (C=O) groups excluding carboxylic acids is 1. The molecule has 0 aromatic heterocycles. The highest BCUT2D eigenvalue weighted by atomic mass is 16.5. The summed E-state index contributed by atoms with van der Waals surface area (Å²) in [5.41, 5.74) is 0. The molecular weight excluding hydrogens is 172 g/mol. The number of nitrogens with zero attached hydrogens (tertiary/aromatic N) is 1. The fourth-order valence-electron chi connectivity index (χ4n) is 1.33. The summed E-state index contributed by atoms with van der Waals surface area (Å²) in [6, 6.07) is 0. The Morgan fingerprint density at radius 1 is 1.77 bits per heavy atom. The molecule has 1 unspecified atom stereocenters. The van der Waals surface area contributed by atoms with E-state index in [0.717, 1.165) is 6.54 Å². The van der Waals surface area contributed by atoms with Gasteiger partial charge in [-0.25, -0.2) is 0 Å². The van der Waals surface area contributed by atoms with Crippen molar-refractivity contribution in [1.29, 1.82) is 0 Å². The van der Waals surface area contributed by atoms with Crippen LogP contribution in [-0.2, 0) is 9.53 Å². The van der Waals surface area contributed by atoms with Gasteiger partial charge in [0.15, 0.2) is 0 Å². The van der Waals surface area contributed by atoms with Crippen molar-refractivity contribution in [3.63, 3.8) is 0 Å². The smallest absolute Gasteiger partial charge is 0.248 e. The van der Waals surface area contributed by atoms with E-state index in [0.29, 0.717) is 19.6 Å². The highest BCUT2D eigenvalue weighted by Gasteiger charge is 2.19. The van der Waals surface area contributed by atoms with Gasteiger partial charge in [0.25, 0.3) is 0 Å². The minimum atomic E-state index is -0.469. The van der Waals surface area contributed by atoms with Gasteiger partial charge in [-0.05, 0) is 0 Å². The van der Waals surface area contributed by atoms with Crippen LogP contribution >= 0.6 is 0 Å². The topological polar surface area (TPSA) is 61.8 Å². The zero-order valence-electron chi connectivity index (χ0n) is 7.82. The van der Waals surface area contributed by atoms with E-state index in [2.05, 4.69) is 5.32 Å². The zero-order chi connectivity index (χ0) is 9.68. The van der Waals surface area contributed by atoms with Gasteiger partial charge in [-0.15, -0.1) is 0 Å². The first-order valence-electron chi connectivity index (χ1n) is 4.39. The molecule has 2 N–H and O–H groups in total. The number of aliphatic hydroxyl groups excluding tert-OH is 1. The van der Waals surface area contributed by atoms with Crippen molar-refractivity contribution >= 4 is 5.91 Å². The fourth-order valence-corrected chi connectivity index (χ4v) is 1.33. The van der Waals surface area contributed by atoms with E-state index in [1.807, 2.05) is 0 Å². The largest absolute Gasteiger partial charge is 0.390 e. The number of hydrogen-bond acceptors (Lipinski definition) is 4. The Kier molecular flexibility index (Phi) is 4.14. The summed E-state index contributed by atoms with van der Waals surface area (Å²) < 4.78 is 4.74. The fraction of sp³-hybridized carbons (Fsp3) is 0.875. The van der Waals surface area contributed by atoms with Gasteiger partial charge in [0.1, 0.15) is 6.61 Å². The SMILES string of the molecule is COCC(=O)N1CCNCC(O)C1. The first-order valence-corrected chi connectivity index (χ1v) is 4.39. The van der Waals surface area contributed by atoms with Gasteiger partial charge in [0, 0.05) is 33.3 Å².